The second-order valence-electron chi connectivity index (χ2n) is 2.85. The maximum Gasteiger partial charge on any atom is 0.124 e. The Morgan fingerprint density at radius 2 is 2.23 bits per heavy atom. The van der Waals surface area contributed by atoms with E-state index in [2.05, 4.69) is 15.9 Å². The van der Waals surface area contributed by atoms with Crippen molar-refractivity contribution in [2.45, 2.75) is 13.0 Å². The summed E-state index contributed by atoms with van der Waals surface area (Å²) in [6, 6.07) is 2.67. The molecule has 0 aromatic heterocycles. The van der Waals surface area contributed by atoms with Crippen molar-refractivity contribution < 1.29 is 9.50 Å². The molecule has 1 unspecified atom stereocenters. The van der Waals surface area contributed by atoms with Crippen molar-refractivity contribution in [3.05, 3.63) is 33.5 Å². The Labute approximate surface area is 84.7 Å². The number of aliphatic hydroxyl groups is 1. The first kappa shape index (κ1) is 10.6. The van der Waals surface area contributed by atoms with Gasteiger partial charge in [-0.25, -0.2) is 4.39 Å². The third kappa shape index (κ3) is 2.27. The summed E-state index contributed by atoms with van der Waals surface area (Å²) < 4.78 is 13.6. The van der Waals surface area contributed by atoms with E-state index in [0.717, 1.165) is 5.56 Å². The molecule has 2 nitrogen and oxygen atoms in total. The molecule has 0 bridgehead atoms. The molecule has 4 heteroatoms. The minimum atomic E-state index is -0.799. The van der Waals surface area contributed by atoms with Crippen LogP contribution in [0.4, 0.5) is 4.39 Å². The molecule has 0 aliphatic carbocycles. The van der Waals surface area contributed by atoms with E-state index < -0.39 is 6.10 Å². The molecule has 1 atom stereocenters. The first-order valence-electron chi connectivity index (χ1n) is 3.90. The predicted octanol–water partition coefficient (Wildman–Crippen LogP) is 1.89. The molecule has 1 rings (SSSR count). The summed E-state index contributed by atoms with van der Waals surface area (Å²) in [4.78, 5) is 0. The molecule has 72 valence electrons. The summed E-state index contributed by atoms with van der Waals surface area (Å²) in [5.41, 5.74) is 6.64. The zero-order valence-electron chi connectivity index (χ0n) is 7.22. The van der Waals surface area contributed by atoms with E-state index in [0.29, 0.717) is 10.0 Å². The predicted molar refractivity (Wildman–Crippen MR) is 52.9 cm³/mol. The molecule has 0 heterocycles. The van der Waals surface area contributed by atoms with Crippen LogP contribution in [-0.4, -0.2) is 11.7 Å². The average Bonchev–Trinajstić information content (AvgIpc) is 2.10. The van der Waals surface area contributed by atoms with Gasteiger partial charge in [-0.1, -0.05) is 15.9 Å². The Morgan fingerprint density at radius 3 is 2.77 bits per heavy atom. The first-order chi connectivity index (χ1) is 6.06. The normalized spacial score (nSPS) is 13.0. The van der Waals surface area contributed by atoms with Crippen molar-refractivity contribution in [3.8, 4) is 0 Å². The van der Waals surface area contributed by atoms with E-state index in [-0.39, 0.29) is 12.4 Å². The van der Waals surface area contributed by atoms with Gasteiger partial charge in [-0.05, 0) is 30.2 Å². The summed E-state index contributed by atoms with van der Waals surface area (Å²) in [7, 11) is 0. The van der Waals surface area contributed by atoms with E-state index in [9.17, 15) is 9.50 Å². The Kier molecular flexibility index (Phi) is 3.41. The highest BCUT2D eigenvalue weighted by molar-refractivity contribution is 9.10. The number of hydrogen-bond donors (Lipinski definition) is 2. The summed E-state index contributed by atoms with van der Waals surface area (Å²) >= 11 is 3.20. The van der Waals surface area contributed by atoms with Crippen LogP contribution < -0.4 is 5.73 Å². The van der Waals surface area contributed by atoms with Gasteiger partial charge in [-0.3, -0.25) is 0 Å². The highest BCUT2D eigenvalue weighted by Gasteiger charge is 2.12. The molecule has 0 aliphatic rings. The molecular weight excluding hydrogens is 237 g/mol. The molecule has 1 aromatic carbocycles. The van der Waals surface area contributed by atoms with Crippen molar-refractivity contribution in [2.75, 3.05) is 6.54 Å². The lowest BCUT2D eigenvalue weighted by atomic mass is 10.0. The fourth-order valence-electron chi connectivity index (χ4n) is 1.14. The zero-order valence-corrected chi connectivity index (χ0v) is 8.81. The Hall–Kier alpha value is -0.450. The maximum atomic E-state index is 12.9. The maximum absolute atomic E-state index is 12.9. The van der Waals surface area contributed by atoms with Crippen molar-refractivity contribution in [1.82, 2.24) is 0 Å². The van der Waals surface area contributed by atoms with E-state index in [1.807, 2.05) is 0 Å². The van der Waals surface area contributed by atoms with Crippen LogP contribution in [0, 0.1) is 12.7 Å². The number of halogens is 2. The van der Waals surface area contributed by atoms with Crippen LogP contribution in [0.1, 0.15) is 17.2 Å². The van der Waals surface area contributed by atoms with Gasteiger partial charge in [0.2, 0.25) is 0 Å². The second kappa shape index (κ2) is 4.17. The first-order valence-corrected chi connectivity index (χ1v) is 4.69. The van der Waals surface area contributed by atoms with Gasteiger partial charge in [-0.2, -0.15) is 0 Å². The van der Waals surface area contributed by atoms with Crippen molar-refractivity contribution in [1.29, 1.82) is 0 Å². The number of nitrogens with two attached hydrogens (primary N) is 1. The third-order valence-electron chi connectivity index (χ3n) is 1.93. The Morgan fingerprint density at radius 1 is 1.62 bits per heavy atom. The molecule has 1 aromatic rings. The average molecular weight is 248 g/mol. The van der Waals surface area contributed by atoms with Crippen LogP contribution in [-0.2, 0) is 0 Å². The number of aliphatic hydroxyl groups excluding tert-OH is 1. The quantitative estimate of drug-likeness (QED) is 0.839. The number of benzene rings is 1. The monoisotopic (exact) mass is 247 g/mol. The van der Waals surface area contributed by atoms with Crippen LogP contribution in [0.2, 0.25) is 0 Å². The summed E-state index contributed by atoms with van der Waals surface area (Å²) in [5, 5.41) is 9.45. The lowest BCUT2D eigenvalue weighted by molar-refractivity contribution is 0.185. The van der Waals surface area contributed by atoms with Crippen LogP contribution in [0.15, 0.2) is 16.6 Å². The second-order valence-corrected chi connectivity index (χ2v) is 3.71. The molecule has 0 amide bonds. The standard InChI is InChI=1S/C9H11BrFNO/c1-5-7(9(13)4-12)2-6(11)3-8(5)10/h2-3,9,13H,4,12H2,1H3. The highest BCUT2D eigenvalue weighted by Crippen LogP contribution is 2.25. The fraction of sp³-hybridized carbons (Fsp3) is 0.333. The topological polar surface area (TPSA) is 46.2 Å². The van der Waals surface area contributed by atoms with Gasteiger partial charge >= 0.3 is 0 Å². The number of rotatable bonds is 2. The van der Waals surface area contributed by atoms with Crippen LogP contribution in [0.3, 0.4) is 0 Å². The molecule has 0 radical (unpaired) electrons. The minimum absolute atomic E-state index is 0.0940. The smallest absolute Gasteiger partial charge is 0.124 e. The van der Waals surface area contributed by atoms with Crippen molar-refractivity contribution >= 4 is 15.9 Å². The summed E-state index contributed by atoms with van der Waals surface area (Å²) in [6.07, 6.45) is -0.799. The molecule has 3 N–H and O–H groups in total. The van der Waals surface area contributed by atoms with E-state index >= 15 is 0 Å². The van der Waals surface area contributed by atoms with Crippen molar-refractivity contribution in [2.24, 2.45) is 5.73 Å². The van der Waals surface area contributed by atoms with Crippen LogP contribution >= 0.6 is 15.9 Å². The molecule has 0 aliphatic heterocycles. The van der Waals surface area contributed by atoms with Gasteiger partial charge in [0.05, 0.1) is 6.10 Å². The van der Waals surface area contributed by atoms with Gasteiger partial charge < -0.3 is 10.8 Å². The third-order valence-corrected chi connectivity index (χ3v) is 2.76. The van der Waals surface area contributed by atoms with Gasteiger partial charge in [0, 0.05) is 11.0 Å². The lowest BCUT2D eigenvalue weighted by Crippen LogP contribution is -2.13. The summed E-state index contributed by atoms with van der Waals surface area (Å²) in [5.74, 6) is -0.375. The van der Waals surface area contributed by atoms with Gasteiger partial charge in [-0.15, -0.1) is 0 Å². The minimum Gasteiger partial charge on any atom is -0.387 e. The molecule has 0 fully saturated rings. The van der Waals surface area contributed by atoms with Crippen LogP contribution in [0.5, 0.6) is 0 Å². The molecule has 0 saturated carbocycles. The molecule has 0 spiro atoms. The molecule has 0 saturated heterocycles. The zero-order chi connectivity index (χ0) is 10.0. The van der Waals surface area contributed by atoms with Gasteiger partial charge in [0.15, 0.2) is 0 Å². The SMILES string of the molecule is Cc1c(Br)cc(F)cc1C(O)CN. The molecular formula is C9H11BrFNO. The van der Waals surface area contributed by atoms with E-state index in [4.69, 9.17) is 5.73 Å². The van der Waals surface area contributed by atoms with E-state index in [1.165, 1.54) is 12.1 Å². The fourth-order valence-corrected chi connectivity index (χ4v) is 1.59. The number of hydrogen-bond acceptors (Lipinski definition) is 2. The van der Waals surface area contributed by atoms with Gasteiger partial charge in [0.25, 0.3) is 0 Å². The molecule has 13 heavy (non-hydrogen) atoms. The lowest BCUT2D eigenvalue weighted by Gasteiger charge is -2.12. The van der Waals surface area contributed by atoms with E-state index in [1.54, 1.807) is 6.92 Å². The summed E-state index contributed by atoms with van der Waals surface area (Å²) in [6.45, 7) is 1.90. The van der Waals surface area contributed by atoms with Crippen LogP contribution in [0.25, 0.3) is 0 Å². The Balaban J connectivity index is 3.20. The van der Waals surface area contributed by atoms with Crippen molar-refractivity contribution in [3.63, 3.8) is 0 Å². The highest BCUT2D eigenvalue weighted by atomic mass is 79.9. The Bertz CT molecular complexity index is 317. The largest absolute Gasteiger partial charge is 0.387 e. The van der Waals surface area contributed by atoms with Gasteiger partial charge in [0.1, 0.15) is 5.82 Å².